The molecule has 0 saturated carbocycles. The summed E-state index contributed by atoms with van der Waals surface area (Å²) in [5, 5.41) is 15.5. The number of carbonyl (C=O) groups excluding carboxylic acids is 9. The van der Waals surface area contributed by atoms with Crippen LogP contribution in [0.2, 0.25) is 0 Å². The van der Waals surface area contributed by atoms with E-state index >= 15 is 0 Å². The second-order valence-electron chi connectivity index (χ2n) is 17.2. The van der Waals surface area contributed by atoms with Crippen molar-refractivity contribution in [1.29, 1.82) is 0 Å². The third kappa shape index (κ3) is 23.7. The predicted molar refractivity (Wildman–Crippen MR) is 286 cm³/mol. The van der Waals surface area contributed by atoms with Gasteiger partial charge in [0, 0.05) is 83.6 Å². The minimum absolute atomic E-state index is 0.0392. The van der Waals surface area contributed by atoms with Crippen molar-refractivity contribution in [3.05, 3.63) is 52.4 Å². The summed E-state index contributed by atoms with van der Waals surface area (Å²) in [6.45, 7) is 14.0. The standard InChI is InChI=1S/C41H53N7O10S.C4H10N2O.C4H11N.CH3Cl/c1-24(2)37(45-34(52)20-42-27(5)50)39(54)43-21-33(51)44-29-13-11-28(12-14-29)22-57-40(55)46(6)17-18-47(7)41(56)58-32-19-31-30(36-25(3)23-59-38(32)36)15-16-48(31)35(53)10-8-9-26(4)49;1-2-3-6-4(5)7;1-2-3-4-5;1-2/h11-14,19,23-24,37H,8-10,15-18,20-22H2,1-7H3,(H,42,50)(H,43,54)(H,44,51)(H,45,52);2-3H2,1H3,(H3,5,6,7);2-5H2,1H3;1H3. The number of amides is 9. The molecule has 0 fully saturated rings. The highest BCUT2D eigenvalue weighted by atomic mass is 35.5. The van der Waals surface area contributed by atoms with Crippen molar-refractivity contribution in [1.82, 2.24) is 31.1 Å². The molecule has 406 valence electrons. The number of halogens is 1. The Kier molecular flexibility index (Phi) is 30.7. The zero-order chi connectivity index (χ0) is 55.2. The van der Waals surface area contributed by atoms with Crippen molar-refractivity contribution in [3.8, 4) is 5.75 Å². The second-order valence-corrected chi connectivity index (χ2v) is 18.1. The number of Topliss-reactive ketones (excluding diaryl/α,β-unsaturated/α-hetero) is 1. The number of alkyl halides is 1. The lowest BCUT2D eigenvalue weighted by Gasteiger charge is -2.22. The molecule has 1 unspecified atom stereocenters. The number of carbonyl (C=O) groups is 9. The van der Waals surface area contributed by atoms with Gasteiger partial charge in [0.05, 0.1) is 23.5 Å². The van der Waals surface area contributed by atoms with E-state index in [0.29, 0.717) is 55.0 Å². The molecule has 21 nitrogen and oxygen atoms in total. The van der Waals surface area contributed by atoms with Crippen LogP contribution < -0.4 is 47.7 Å². The number of hydrogen-bond donors (Lipinski definition) is 7. The molecule has 3 aromatic rings. The van der Waals surface area contributed by atoms with Gasteiger partial charge in [0.2, 0.25) is 29.5 Å². The Labute approximate surface area is 438 Å². The molecule has 2 aromatic carbocycles. The Hall–Kier alpha value is -6.52. The lowest BCUT2D eigenvalue weighted by atomic mass is 10.0. The zero-order valence-corrected chi connectivity index (χ0v) is 45.6. The number of rotatable bonds is 22. The number of aryl methyl sites for hydroxylation is 1. The van der Waals surface area contributed by atoms with E-state index in [1.165, 1.54) is 54.2 Å². The lowest BCUT2D eigenvalue weighted by Crippen LogP contribution is -2.52. The number of urea groups is 1. The molecule has 0 radical (unpaired) electrons. The minimum atomic E-state index is -0.908. The van der Waals surface area contributed by atoms with E-state index in [9.17, 15) is 43.2 Å². The Morgan fingerprint density at radius 3 is 2.01 bits per heavy atom. The maximum absolute atomic E-state index is 13.3. The van der Waals surface area contributed by atoms with Crippen molar-refractivity contribution < 1.29 is 52.6 Å². The number of fused-ring (bicyclic) bond motifs is 3. The van der Waals surface area contributed by atoms with Gasteiger partial charge in [-0.2, -0.15) is 0 Å². The Morgan fingerprint density at radius 1 is 0.849 bits per heavy atom. The Bertz CT molecular complexity index is 2290. The highest BCUT2D eigenvalue weighted by molar-refractivity contribution is 7.17. The Morgan fingerprint density at radius 2 is 1.48 bits per heavy atom. The Balaban J connectivity index is 0.00000168. The van der Waals surface area contributed by atoms with Crippen molar-refractivity contribution in [2.45, 2.75) is 106 Å². The number of ketones is 1. The molecular formula is C50H77ClN10O11S. The minimum Gasteiger partial charge on any atom is -0.445 e. The number of unbranched alkanes of at least 4 members (excludes halogenated alkanes) is 1. The second kappa shape index (κ2) is 34.8. The van der Waals surface area contributed by atoms with Crippen molar-refractivity contribution in [2.24, 2.45) is 17.4 Å². The highest BCUT2D eigenvalue weighted by Gasteiger charge is 2.30. The third-order valence-corrected chi connectivity index (χ3v) is 11.8. The average molecular weight is 1060 g/mol. The van der Waals surface area contributed by atoms with Gasteiger partial charge < -0.3 is 67.0 Å². The average Bonchev–Trinajstić information content (AvgIpc) is 3.96. The van der Waals surface area contributed by atoms with E-state index < -0.39 is 42.0 Å². The normalized spacial score (nSPS) is 11.4. The fraction of sp³-hybridized carbons (Fsp3) is 0.540. The van der Waals surface area contributed by atoms with Crippen LogP contribution in [0.5, 0.6) is 5.75 Å². The molecule has 0 saturated heterocycles. The summed E-state index contributed by atoms with van der Waals surface area (Å²) >= 11 is 6.10. The van der Waals surface area contributed by atoms with Crippen LogP contribution in [0.25, 0.3) is 10.1 Å². The summed E-state index contributed by atoms with van der Waals surface area (Å²) in [6.07, 6.45) is 5.29. The van der Waals surface area contributed by atoms with E-state index in [-0.39, 0.29) is 62.7 Å². The monoisotopic (exact) mass is 1060 g/mol. The molecular weight excluding hydrogens is 984 g/mol. The molecule has 1 aliphatic heterocycles. The fourth-order valence-electron chi connectivity index (χ4n) is 6.69. The first-order chi connectivity index (χ1) is 34.6. The molecule has 73 heavy (non-hydrogen) atoms. The zero-order valence-electron chi connectivity index (χ0n) is 44.0. The lowest BCUT2D eigenvalue weighted by molar-refractivity contribution is -0.131. The number of nitrogens with two attached hydrogens (primary N) is 2. The molecule has 1 atom stereocenters. The molecule has 0 spiro atoms. The van der Waals surface area contributed by atoms with Gasteiger partial charge in [-0.3, -0.25) is 24.0 Å². The molecule has 0 bridgehead atoms. The number of primary amides is 1. The summed E-state index contributed by atoms with van der Waals surface area (Å²) in [5.74, 6) is -1.93. The number of thiophene rings is 1. The van der Waals surface area contributed by atoms with Gasteiger partial charge in [0.15, 0.2) is 5.75 Å². The number of nitrogens with zero attached hydrogens (tertiary/aromatic N) is 3. The molecule has 9 amide bonds. The first kappa shape index (κ1) is 64.5. The molecule has 2 heterocycles. The number of ether oxygens (including phenoxy) is 2. The topological polar surface area (TPSA) is 294 Å². The first-order valence-corrected chi connectivity index (χ1v) is 25.7. The van der Waals surface area contributed by atoms with Crippen LogP contribution in [0.15, 0.2) is 35.7 Å². The van der Waals surface area contributed by atoms with Crippen LogP contribution >= 0.6 is 22.9 Å². The van der Waals surface area contributed by atoms with Crippen LogP contribution in [-0.4, -0.2) is 136 Å². The highest BCUT2D eigenvalue weighted by Crippen LogP contribution is 2.44. The van der Waals surface area contributed by atoms with Crippen LogP contribution in [0.3, 0.4) is 0 Å². The summed E-state index contributed by atoms with van der Waals surface area (Å²) in [5.41, 5.74) is 13.7. The maximum Gasteiger partial charge on any atom is 0.415 e. The number of anilines is 2. The maximum atomic E-state index is 13.3. The summed E-state index contributed by atoms with van der Waals surface area (Å²) in [6, 6.07) is 6.96. The fourth-order valence-corrected chi connectivity index (χ4v) is 7.73. The van der Waals surface area contributed by atoms with Gasteiger partial charge in [0.25, 0.3) is 0 Å². The summed E-state index contributed by atoms with van der Waals surface area (Å²) in [4.78, 5) is 113. The van der Waals surface area contributed by atoms with E-state index in [1.54, 1.807) is 63.2 Å². The van der Waals surface area contributed by atoms with Crippen LogP contribution in [-0.2, 0) is 46.5 Å². The number of nitrogens with one attached hydrogen (secondary N) is 5. The van der Waals surface area contributed by atoms with Crippen LogP contribution in [0, 0.1) is 12.8 Å². The SMILES string of the molecule is CC(=O)CCCC(=O)N1CCc2c1cc(OC(=O)N(C)CCN(C)C(=O)OCc1ccc(NC(=O)CNC(=O)C(NC(=O)CNC(C)=O)C(C)C)cc1)c1scc(C)c21.CCCCN.CCCNC(N)=O.CCl. The van der Waals surface area contributed by atoms with Crippen molar-refractivity contribution in [3.63, 3.8) is 0 Å². The smallest absolute Gasteiger partial charge is 0.415 e. The number of benzene rings is 2. The molecule has 0 aliphatic carbocycles. The van der Waals surface area contributed by atoms with Gasteiger partial charge in [-0.05, 0) is 86.2 Å². The van der Waals surface area contributed by atoms with E-state index in [0.717, 1.165) is 34.2 Å². The van der Waals surface area contributed by atoms with Crippen LogP contribution in [0.4, 0.5) is 25.8 Å². The van der Waals surface area contributed by atoms with Crippen LogP contribution in [0.1, 0.15) is 96.8 Å². The molecule has 23 heteroatoms. The molecule has 1 aliphatic rings. The van der Waals surface area contributed by atoms with Gasteiger partial charge in [-0.15, -0.1) is 22.9 Å². The van der Waals surface area contributed by atoms with E-state index in [1.807, 2.05) is 19.2 Å². The molecule has 9 N–H and O–H groups in total. The molecule has 1 aromatic heterocycles. The quantitative estimate of drug-likeness (QED) is 0.0610. The van der Waals surface area contributed by atoms with Gasteiger partial charge in [-0.1, -0.05) is 46.2 Å². The van der Waals surface area contributed by atoms with E-state index in [4.69, 9.17) is 20.9 Å². The van der Waals surface area contributed by atoms with Gasteiger partial charge in [-0.25, -0.2) is 14.4 Å². The summed E-state index contributed by atoms with van der Waals surface area (Å²) in [7, 11) is 3.10. The van der Waals surface area contributed by atoms with Gasteiger partial charge in [0.1, 0.15) is 18.4 Å². The molecule has 4 rings (SSSR count). The predicted octanol–water partition coefficient (Wildman–Crippen LogP) is 5.55. The largest absolute Gasteiger partial charge is 0.445 e. The number of hydrogen-bond acceptors (Lipinski definition) is 13. The third-order valence-electron chi connectivity index (χ3n) is 10.7. The first-order valence-electron chi connectivity index (χ1n) is 24.1. The summed E-state index contributed by atoms with van der Waals surface area (Å²) < 4.78 is 12.1. The van der Waals surface area contributed by atoms with Crippen molar-refractivity contribution >= 4 is 97.9 Å². The number of likely N-dealkylation sites (N-methyl/N-ethyl adjacent to an activating group) is 2. The van der Waals surface area contributed by atoms with Crippen molar-refractivity contribution in [2.75, 3.05) is 76.5 Å². The van der Waals surface area contributed by atoms with E-state index in [2.05, 4.69) is 45.1 Å². The van der Waals surface area contributed by atoms with Gasteiger partial charge >= 0.3 is 18.2 Å².